The Morgan fingerprint density at radius 3 is 2.43 bits per heavy atom. The molecule has 1 aromatic heterocycles. The van der Waals surface area contributed by atoms with Crippen LogP contribution in [0.4, 0.5) is 5.82 Å². The summed E-state index contributed by atoms with van der Waals surface area (Å²) in [4.78, 5) is 21.1. The third-order valence-electron chi connectivity index (χ3n) is 4.44. The number of carbonyl (C=O) groups is 1. The summed E-state index contributed by atoms with van der Waals surface area (Å²) < 4.78 is 0. The van der Waals surface area contributed by atoms with Gasteiger partial charge in [-0.1, -0.05) is 60.2 Å². The lowest BCUT2D eigenvalue weighted by molar-refractivity contribution is 0.0948. The minimum Gasteiger partial charge on any atom is -0.366 e. The van der Waals surface area contributed by atoms with Crippen molar-refractivity contribution in [2.45, 2.75) is 33.2 Å². The van der Waals surface area contributed by atoms with Crippen LogP contribution in [-0.2, 0) is 13.0 Å². The van der Waals surface area contributed by atoms with Crippen LogP contribution in [0.25, 0.3) is 0 Å². The maximum atomic E-state index is 12.4. The van der Waals surface area contributed by atoms with Crippen molar-refractivity contribution < 1.29 is 4.79 Å². The maximum Gasteiger partial charge on any atom is 0.270 e. The molecule has 1 heterocycles. The molecule has 2 N–H and O–H groups in total. The summed E-state index contributed by atoms with van der Waals surface area (Å²) in [6.07, 6.45) is 1.83. The second-order valence-corrected chi connectivity index (χ2v) is 6.87. The number of benzene rings is 2. The van der Waals surface area contributed by atoms with Crippen molar-refractivity contribution >= 4 is 11.7 Å². The van der Waals surface area contributed by atoms with E-state index in [2.05, 4.69) is 63.9 Å². The van der Waals surface area contributed by atoms with Gasteiger partial charge in [-0.3, -0.25) is 4.79 Å². The van der Waals surface area contributed by atoms with E-state index in [1.807, 2.05) is 18.2 Å². The lowest BCUT2D eigenvalue weighted by Gasteiger charge is -2.10. The predicted octanol–water partition coefficient (Wildman–Crippen LogP) is 4.07. The molecule has 0 saturated heterocycles. The van der Waals surface area contributed by atoms with Crippen LogP contribution in [0.1, 0.15) is 39.4 Å². The summed E-state index contributed by atoms with van der Waals surface area (Å²) in [6.45, 7) is 5.12. The molecule has 0 saturated carbocycles. The third kappa shape index (κ3) is 5.91. The van der Waals surface area contributed by atoms with Crippen LogP contribution < -0.4 is 10.6 Å². The van der Waals surface area contributed by atoms with Gasteiger partial charge in [0.2, 0.25) is 0 Å². The molecule has 0 fully saturated rings. The van der Waals surface area contributed by atoms with Gasteiger partial charge in [-0.2, -0.15) is 0 Å². The van der Waals surface area contributed by atoms with Crippen molar-refractivity contribution in [3.8, 4) is 0 Å². The summed E-state index contributed by atoms with van der Waals surface area (Å²) in [7, 11) is 0. The van der Waals surface area contributed by atoms with Crippen LogP contribution >= 0.6 is 0 Å². The fourth-order valence-electron chi connectivity index (χ4n) is 2.90. The summed E-state index contributed by atoms with van der Waals surface area (Å²) in [5.41, 5.74) is 4.05. The Kier molecular flexibility index (Phi) is 6.73. The second-order valence-electron chi connectivity index (χ2n) is 6.87. The molecule has 3 aromatic rings. The number of aryl methyl sites for hydroxylation is 3. The zero-order valence-electron chi connectivity index (χ0n) is 16.4. The molecule has 0 spiro atoms. The molecule has 1 amide bonds. The van der Waals surface area contributed by atoms with E-state index in [0.717, 1.165) is 18.4 Å². The highest BCUT2D eigenvalue weighted by molar-refractivity contribution is 5.92. The minimum atomic E-state index is -0.169. The van der Waals surface area contributed by atoms with Crippen LogP contribution in [-0.4, -0.2) is 22.4 Å². The Hall–Kier alpha value is -3.21. The average Bonchev–Trinajstić information content (AvgIpc) is 2.71. The number of nitrogens with zero attached hydrogens (tertiary/aromatic N) is 2. The van der Waals surface area contributed by atoms with Crippen molar-refractivity contribution in [1.29, 1.82) is 0 Å². The van der Waals surface area contributed by atoms with Gasteiger partial charge >= 0.3 is 0 Å². The molecular weight excluding hydrogens is 348 g/mol. The summed E-state index contributed by atoms with van der Waals surface area (Å²) in [5, 5.41) is 6.22. The molecule has 0 aliphatic carbocycles. The van der Waals surface area contributed by atoms with Crippen LogP contribution in [0.3, 0.4) is 0 Å². The third-order valence-corrected chi connectivity index (χ3v) is 4.44. The van der Waals surface area contributed by atoms with Crippen molar-refractivity contribution in [2.75, 3.05) is 11.9 Å². The van der Waals surface area contributed by atoms with E-state index in [9.17, 15) is 4.79 Å². The Labute approximate surface area is 166 Å². The van der Waals surface area contributed by atoms with E-state index in [1.54, 1.807) is 13.0 Å². The van der Waals surface area contributed by atoms with E-state index >= 15 is 0 Å². The minimum absolute atomic E-state index is 0.169. The van der Waals surface area contributed by atoms with Gasteiger partial charge in [0, 0.05) is 19.2 Å². The first kappa shape index (κ1) is 19.5. The molecule has 0 aliphatic rings. The van der Waals surface area contributed by atoms with E-state index in [4.69, 9.17) is 0 Å². The Balaban J connectivity index is 1.52. The molecule has 0 aliphatic heterocycles. The monoisotopic (exact) mass is 374 g/mol. The largest absolute Gasteiger partial charge is 0.366 e. The van der Waals surface area contributed by atoms with E-state index in [-0.39, 0.29) is 5.91 Å². The SMILES string of the molecule is Cc1ccc(CNc2cc(C(=O)NCCCc3ccccc3)nc(C)n2)cc1. The molecular formula is C23H26N4O. The molecule has 144 valence electrons. The smallest absolute Gasteiger partial charge is 0.270 e. The molecule has 5 nitrogen and oxygen atoms in total. The summed E-state index contributed by atoms with van der Waals surface area (Å²) >= 11 is 0. The first-order valence-electron chi connectivity index (χ1n) is 9.57. The van der Waals surface area contributed by atoms with Crippen molar-refractivity contribution in [3.63, 3.8) is 0 Å². The zero-order valence-corrected chi connectivity index (χ0v) is 16.4. The van der Waals surface area contributed by atoms with Gasteiger partial charge in [-0.05, 0) is 37.8 Å². The first-order valence-corrected chi connectivity index (χ1v) is 9.57. The number of aromatic nitrogens is 2. The number of nitrogens with one attached hydrogen (secondary N) is 2. The van der Waals surface area contributed by atoms with E-state index < -0.39 is 0 Å². The number of rotatable bonds is 8. The molecule has 5 heteroatoms. The first-order chi connectivity index (χ1) is 13.6. The maximum absolute atomic E-state index is 12.4. The highest BCUT2D eigenvalue weighted by Gasteiger charge is 2.10. The highest BCUT2D eigenvalue weighted by atomic mass is 16.1. The quantitative estimate of drug-likeness (QED) is 0.583. The van der Waals surface area contributed by atoms with Gasteiger partial charge in [0.1, 0.15) is 17.3 Å². The van der Waals surface area contributed by atoms with Crippen LogP contribution in [0.2, 0.25) is 0 Å². The summed E-state index contributed by atoms with van der Waals surface area (Å²) in [6, 6.07) is 20.3. The van der Waals surface area contributed by atoms with Crippen LogP contribution in [0.15, 0.2) is 60.7 Å². The van der Waals surface area contributed by atoms with Gasteiger partial charge in [0.25, 0.3) is 5.91 Å². The second kappa shape index (κ2) is 9.65. The molecule has 0 radical (unpaired) electrons. The zero-order chi connectivity index (χ0) is 19.8. The number of hydrogen-bond acceptors (Lipinski definition) is 4. The lowest BCUT2D eigenvalue weighted by atomic mass is 10.1. The Morgan fingerprint density at radius 2 is 1.68 bits per heavy atom. The topological polar surface area (TPSA) is 66.9 Å². The fraction of sp³-hybridized carbons (Fsp3) is 0.261. The van der Waals surface area contributed by atoms with Crippen molar-refractivity contribution in [2.24, 2.45) is 0 Å². The van der Waals surface area contributed by atoms with Crippen LogP contribution in [0.5, 0.6) is 0 Å². The standard InChI is InChI=1S/C23H26N4O/c1-17-10-12-20(13-11-17)16-25-22-15-21(26-18(2)27-22)23(28)24-14-6-9-19-7-4-3-5-8-19/h3-5,7-8,10-13,15H,6,9,14,16H2,1-2H3,(H,24,28)(H,25,26,27). The van der Waals surface area contributed by atoms with Gasteiger partial charge in [0.15, 0.2) is 0 Å². The molecule has 0 unspecified atom stereocenters. The van der Waals surface area contributed by atoms with Crippen LogP contribution in [0, 0.1) is 13.8 Å². The highest BCUT2D eigenvalue weighted by Crippen LogP contribution is 2.10. The number of hydrogen-bond donors (Lipinski definition) is 2. The lowest BCUT2D eigenvalue weighted by Crippen LogP contribution is -2.26. The number of amides is 1. The Bertz CT molecular complexity index is 908. The fourth-order valence-corrected chi connectivity index (χ4v) is 2.90. The number of anilines is 1. The molecule has 0 bridgehead atoms. The van der Waals surface area contributed by atoms with Gasteiger partial charge in [0.05, 0.1) is 0 Å². The molecule has 2 aromatic carbocycles. The van der Waals surface area contributed by atoms with E-state index in [1.165, 1.54) is 11.1 Å². The average molecular weight is 374 g/mol. The van der Waals surface area contributed by atoms with Gasteiger partial charge < -0.3 is 10.6 Å². The van der Waals surface area contributed by atoms with E-state index in [0.29, 0.717) is 30.4 Å². The molecule has 3 rings (SSSR count). The molecule has 28 heavy (non-hydrogen) atoms. The van der Waals surface area contributed by atoms with Gasteiger partial charge in [-0.15, -0.1) is 0 Å². The summed E-state index contributed by atoms with van der Waals surface area (Å²) in [5.74, 6) is 1.06. The predicted molar refractivity (Wildman–Crippen MR) is 112 cm³/mol. The Morgan fingerprint density at radius 1 is 0.929 bits per heavy atom. The van der Waals surface area contributed by atoms with Gasteiger partial charge in [-0.25, -0.2) is 9.97 Å². The number of carbonyl (C=O) groups excluding carboxylic acids is 1. The van der Waals surface area contributed by atoms with Crippen molar-refractivity contribution in [1.82, 2.24) is 15.3 Å². The molecule has 0 atom stereocenters. The van der Waals surface area contributed by atoms with Crippen molar-refractivity contribution in [3.05, 3.63) is 88.9 Å². The normalized spacial score (nSPS) is 10.5.